The van der Waals surface area contributed by atoms with Gasteiger partial charge < -0.3 is 9.47 Å². The molecule has 7 nitrogen and oxygen atoms in total. The largest absolute Gasteiger partial charge is 0.441 e. The number of rotatable bonds is 7. The van der Waals surface area contributed by atoms with Crippen LogP contribution in [0.2, 0.25) is 0 Å². The van der Waals surface area contributed by atoms with Gasteiger partial charge >= 0.3 is 33.5 Å². The number of hydrogen-bond acceptors (Lipinski definition) is 6. The van der Waals surface area contributed by atoms with Crippen molar-refractivity contribution in [3.05, 3.63) is 89.0 Å². The highest BCUT2D eigenvalue weighted by Gasteiger charge is 2.66. The van der Waals surface area contributed by atoms with E-state index in [0.717, 1.165) is 29.3 Å². The Balaban J connectivity index is 1.71. The Labute approximate surface area is 219 Å². The van der Waals surface area contributed by atoms with Crippen LogP contribution in [0.1, 0.15) is 33.0 Å². The first-order valence-corrected chi connectivity index (χ1v) is 12.5. The monoisotopic (exact) mass is 566 g/mol. The molecular formula is C25H16BF5O7S. The summed E-state index contributed by atoms with van der Waals surface area (Å²) in [5, 5.41) is -5.94. The molecule has 1 unspecified atom stereocenters. The first-order chi connectivity index (χ1) is 18.2. The van der Waals surface area contributed by atoms with Gasteiger partial charge in [-0.2, -0.15) is 30.4 Å². The summed E-state index contributed by atoms with van der Waals surface area (Å²) < 4.78 is 108. The van der Waals surface area contributed by atoms with Gasteiger partial charge in [-0.3, -0.25) is 9.35 Å². The lowest BCUT2D eigenvalue weighted by atomic mass is 9.95. The van der Waals surface area contributed by atoms with Gasteiger partial charge in [0, 0.05) is 0 Å². The smallest absolute Gasteiger partial charge is 0.432 e. The molecule has 3 aromatic carbocycles. The molecular weight excluding hydrogens is 550 g/mol. The Morgan fingerprint density at radius 2 is 1.46 bits per heavy atom. The summed E-state index contributed by atoms with van der Waals surface area (Å²) in [6, 6.07) is 16.7. The van der Waals surface area contributed by atoms with Crippen LogP contribution < -0.4 is 4.74 Å². The molecule has 1 aliphatic rings. The van der Waals surface area contributed by atoms with Gasteiger partial charge in [-0.15, -0.1) is 0 Å². The Morgan fingerprint density at radius 1 is 0.923 bits per heavy atom. The van der Waals surface area contributed by atoms with E-state index in [-0.39, 0.29) is 11.9 Å². The fraction of sp³-hybridized carbons (Fsp3) is 0.200. The molecule has 0 aromatic heterocycles. The molecule has 0 saturated carbocycles. The van der Waals surface area contributed by atoms with Crippen LogP contribution in [-0.4, -0.2) is 50.3 Å². The molecule has 0 bridgehead atoms. The van der Waals surface area contributed by atoms with Crippen molar-refractivity contribution in [3.63, 3.8) is 0 Å². The number of benzene rings is 3. The zero-order valence-corrected chi connectivity index (χ0v) is 20.3. The van der Waals surface area contributed by atoms with E-state index < -0.39 is 56.8 Å². The van der Waals surface area contributed by atoms with Crippen LogP contribution in [0.5, 0.6) is 5.75 Å². The normalized spacial score (nSPS) is 14.3. The van der Waals surface area contributed by atoms with Crippen molar-refractivity contribution in [3.8, 4) is 16.9 Å². The van der Waals surface area contributed by atoms with Crippen LogP contribution in [-0.2, 0) is 26.0 Å². The number of hydrogen-bond donors (Lipinski definition) is 1. The van der Waals surface area contributed by atoms with Gasteiger partial charge in [-0.1, -0.05) is 66.5 Å². The number of esters is 2. The van der Waals surface area contributed by atoms with E-state index in [0.29, 0.717) is 11.1 Å². The van der Waals surface area contributed by atoms with E-state index in [1.54, 1.807) is 48.5 Å². The van der Waals surface area contributed by atoms with Gasteiger partial charge in [0.05, 0.1) is 7.85 Å². The van der Waals surface area contributed by atoms with Crippen LogP contribution in [0.15, 0.2) is 66.7 Å². The average molecular weight is 566 g/mol. The minimum Gasteiger partial charge on any atom is -0.441 e. The highest BCUT2D eigenvalue weighted by atomic mass is 32.2. The van der Waals surface area contributed by atoms with Crippen LogP contribution >= 0.6 is 0 Å². The molecule has 0 amide bonds. The van der Waals surface area contributed by atoms with Crippen molar-refractivity contribution in [1.29, 1.82) is 0 Å². The predicted molar refractivity (Wildman–Crippen MR) is 127 cm³/mol. The van der Waals surface area contributed by atoms with Gasteiger partial charge in [0.25, 0.3) is 6.10 Å². The summed E-state index contributed by atoms with van der Waals surface area (Å²) >= 11 is 0. The first-order valence-electron chi connectivity index (χ1n) is 11.0. The summed E-state index contributed by atoms with van der Waals surface area (Å²) in [7, 11) is -1.08. The SMILES string of the molecule is [B]Cc1ccc(C(=O)OC(C(F)(F)F)C(F)(F)S(=O)(=O)O)c(OC(=O)C2c3ccccc3-c3ccccc32)c1. The summed E-state index contributed by atoms with van der Waals surface area (Å²) in [5.41, 5.74) is 1.90. The van der Waals surface area contributed by atoms with Crippen molar-refractivity contribution in [1.82, 2.24) is 0 Å². The van der Waals surface area contributed by atoms with E-state index in [9.17, 15) is 40.0 Å². The third kappa shape index (κ3) is 5.26. The second-order valence-corrected chi connectivity index (χ2v) is 9.92. The van der Waals surface area contributed by atoms with E-state index in [1.165, 1.54) is 0 Å². The van der Waals surface area contributed by atoms with Gasteiger partial charge in [0.15, 0.2) is 0 Å². The predicted octanol–water partition coefficient (Wildman–Crippen LogP) is 4.64. The Morgan fingerprint density at radius 3 is 1.95 bits per heavy atom. The minimum absolute atomic E-state index is 0.166. The van der Waals surface area contributed by atoms with Crippen LogP contribution in [0.25, 0.3) is 11.1 Å². The zero-order chi connectivity index (χ0) is 28.8. The second-order valence-electron chi connectivity index (χ2n) is 8.43. The summed E-state index contributed by atoms with van der Waals surface area (Å²) in [5.74, 6) is -4.72. The molecule has 0 saturated heterocycles. The fourth-order valence-corrected chi connectivity index (χ4v) is 4.61. The first kappa shape index (κ1) is 28.2. The number of carbonyl (C=O) groups excluding carboxylic acids is 2. The third-order valence-corrected chi connectivity index (χ3v) is 6.85. The topological polar surface area (TPSA) is 107 Å². The quantitative estimate of drug-likeness (QED) is 0.146. The second kappa shape index (κ2) is 10.1. The molecule has 0 aliphatic heterocycles. The maximum absolute atomic E-state index is 13.9. The highest BCUT2D eigenvalue weighted by Crippen LogP contribution is 2.45. The Kier molecular flexibility index (Phi) is 7.30. The van der Waals surface area contributed by atoms with Crippen molar-refractivity contribution in [2.75, 3.05) is 0 Å². The lowest BCUT2D eigenvalue weighted by Crippen LogP contribution is -2.52. The molecule has 202 valence electrons. The third-order valence-electron chi connectivity index (χ3n) is 5.95. The highest BCUT2D eigenvalue weighted by molar-refractivity contribution is 7.86. The fourth-order valence-electron chi connectivity index (χ4n) is 4.16. The molecule has 0 heterocycles. The van der Waals surface area contributed by atoms with Crippen molar-refractivity contribution >= 4 is 29.9 Å². The maximum Gasteiger partial charge on any atom is 0.432 e. The minimum atomic E-state index is -6.65. The van der Waals surface area contributed by atoms with Crippen molar-refractivity contribution < 1.29 is 54.0 Å². The zero-order valence-electron chi connectivity index (χ0n) is 19.5. The molecule has 4 rings (SSSR count). The van der Waals surface area contributed by atoms with E-state index >= 15 is 0 Å². The van der Waals surface area contributed by atoms with E-state index in [4.69, 9.17) is 17.1 Å². The summed E-state index contributed by atoms with van der Waals surface area (Å²) in [4.78, 5) is 26.0. The van der Waals surface area contributed by atoms with E-state index in [2.05, 4.69) is 4.74 Å². The number of carbonyl (C=O) groups is 2. The molecule has 0 spiro atoms. The molecule has 1 N–H and O–H groups in total. The van der Waals surface area contributed by atoms with Gasteiger partial charge in [-0.25, -0.2) is 4.79 Å². The molecule has 3 aromatic rings. The molecule has 39 heavy (non-hydrogen) atoms. The van der Waals surface area contributed by atoms with E-state index in [1.807, 2.05) is 0 Å². The summed E-state index contributed by atoms with van der Waals surface area (Å²) in [6.45, 7) is 0. The molecule has 0 fully saturated rings. The Hall–Kier alpha value is -3.78. The standard InChI is InChI=1S/C25H16BF5O7S/c26-12-13-9-10-18(21(32)38-23(24(27,28)29)25(30,31)39(34,35)36)19(11-13)37-22(33)20-16-7-3-1-5-14(16)15-6-2-4-8-17(15)20/h1-11,20,23H,12H2,(H,34,35,36). The number of halogens is 5. The molecule has 1 atom stereocenters. The average Bonchev–Trinajstić information content (AvgIpc) is 3.20. The summed E-state index contributed by atoms with van der Waals surface area (Å²) in [6.07, 6.45) is -10.8. The van der Waals surface area contributed by atoms with Crippen molar-refractivity contribution in [2.45, 2.75) is 29.8 Å². The van der Waals surface area contributed by atoms with Crippen molar-refractivity contribution in [2.24, 2.45) is 0 Å². The lowest BCUT2D eigenvalue weighted by molar-refractivity contribution is -0.248. The van der Waals surface area contributed by atoms with Crippen LogP contribution in [0, 0.1) is 0 Å². The molecule has 14 heteroatoms. The van der Waals surface area contributed by atoms with Crippen LogP contribution in [0.4, 0.5) is 22.0 Å². The number of fused-ring (bicyclic) bond motifs is 3. The molecule has 1 aliphatic carbocycles. The Bertz CT molecular complexity index is 1510. The van der Waals surface area contributed by atoms with Gasteiger partial charge in [0.2, 0.25) is 0 Å². The maximum atomic E-state index is 13.9. The lowest BCUT2D eigenvalue weighted by Gasteiger charge is -2.26. The number of ether oxygens (including phenoxy) is 2. The number of alkyl halides is 5. The molecule has 2 radical (unpaired) electrons. The van der Waals surface area contributed by atoms with Gasteiger partial charge in [0.1, 0.15) is 17.2 Å². The van der Waals surface area contributed by atoms with Crippen LogP contribution in [0.3, 0.4) is 0 Å². The van der Waals surface area contributed by atoms with Gasteiger partial charge in [-0.05, 0) is 34.4 Å².